The van der Waals surface area contributed by atoms with Gasteiger partial charge in [0, 0.05) is 18.0 Å². The Labute approximate surface area is 158 Å². The van der Waals surface area contributed by atoms with Crippen LogP contribution in [0.5, 0.6) is 0 Å². The first-order valence-corrected chi connectivity index (χ1v) is 9.94. The number of nitrogens with zero attached hydrogens (tertiary/aromatic N) is 1. The lowest BCUT2D eigenvalue weighted by Gasteiger charge is -2.60. The average molecular weight is 371 g/mol. The highest BCUT2D eigenvalue weighted by Crippen LogP contribution is 2.61. The molecule has 3 atom stereocenters. The standard InChI is InChI=1S/C21H26FN3O2/c1-20(15-3-2-4-16(22)7-15)11-25(19(27)24-20)17-13-5-12-6-14(17)10-21(8-12,9-13)18(23)26/h2-4,7,12-14,17H,5-6,8-11H2,1H3,(H2,23,26)(H,24,27). The number of hydrogen-bond acceptors (Lipinski definition) is 2. The summed E-state index contributed by atoms with van der Waals surface area (Å²) < 4.78 is 13.7. The summed E-state index contributed by atoms with van der Waals surface area (Å²) in [4.78, 5) is 27.0. The van der Waals surface area contributed by atoms with E-state index in [1.807, 2.05) is 17.9 Å². The highest BCUT2D eigenvalue weighted by Gasteiger charge is 2.60. The number of carbonyl (C=O) groups excluding carboxylic acids is 2. The van der Waals surface area contributed by atoms with Crippen molar-refractivity contribution in [2.24, 2.45) is 28.9 Å². The van der Waals surface area contributed by atoms with E-state index in [1.165, 1.54) is 12.1 Å². The van der Waals surface area contributed by atoms with Crippen molar-refractivity contribution in [3.63, 3.8) is 0 Å². The molecule has 6 heteroatoms. The molecule has 6 rings (SSSR count). The Morgan fingerprint density at radius 1 is 1.26 bits per heavy atom. The number of urea groups is 1. The molecule has 4 aliphatic carbocycles. The number of benzene rings is 1. The Kier molecular flexibility index (Phi) is 3.44. The summed E-state index contributed by atoms with van der Waals surface area (Å²) in [6, 6.07) is 6.55. The van der Waals surface area contributed by atoms with Gasteiger partial charge in [0.15, 0.2) is 0 Å². The second-order valence-corrected chi connectivity index (χ2v) is 9.51. The van der Waals surface area contributed by atoms with E-state index in [-0.39, 0.29) is 29.2 Å². The van der Waals surface area contributed by atoms with Crippen LogP contribution in [0.25, 0.3) is 0 Å². The van der Waals surface area contributed by atoms with Crippen LogP contribution in [-0.2, 0) is 10.3 Å². The third-order valence-electron chi connectivity index (χ3n) is 7.70. The van der Waals surface area contributed by atoms with Gasteiger partial charge in [-0.3, -0.25) is 4.79 Å². The fourth-order valence-corrected chi connectivity index (χ4v) is 6.80. The molecule has 3 amide bonds. The van der Waals surface area contributed by atoms with Crippen LogP contribution in [0.4, 0.5) is 9.18 Å². The normalized spacial score (nSPS) is 42.4. The van der Waals surface area contributed by atoms with Crippen LogP contribution < -0.4 is 11.1 Å². The molecule has 3 unspecified atom stereocenters. The van der Waals surface area contributed by atoms with E-state index in [0.717, 1.165) is 37.7 Å². The van der Waals surface area contributed by atoms with Crippen molar-refractivity contribution in [3.05, 3.63) is 35.6 Å². The monoisotopic (exact) mass is 371 g/mol. The minimum Gasteiger partial charge on any atom is -0.369 e. The van der Waals surface area contributed by atoms with Gasteiger partial charge in [0.2, 0.25) is 5.91 Å². The van der Waals surface area contributed by atoms with Gasteiger partial charge < -0.3 is 16.0 Å². The Bertz CT molecular complexity index is 811. The maximum absolute atomic E-state index is 13.7. The summed E-state index contributed by atoms with van der Waals surface area (Å²) in [6.45, 7) is 2.49. The van der Waals surface area contributed by atoms with E-state index < -0.39 is 5.54 Å². The Balaban J connectivity index is 1.43. The summed E-state index contributed by atoms with van der Waals surface area (Å²) in [5, 5.41) is 3.09. The van der Waals surface area contributed by atoms with Crippen molar-refractivity contribution in [1.29, 1.82) is 0 Å². The highest BCUT2D eigenvalue weighted by molar-refractivity contribution is 5.82. The largest absolute Gasteiger partial charge is 0.369 e. The van der Waals surface area contributed by atoms with Gasteiger partial charge in [0.25, 0.3) is 0 Å². The number of rotatable bonds is 3. The van der Waals surface area contributed by atoms with E-state index in [1.54, 1.807) is 6.07 Å². The first kappa shape index (κ1) is 17.0. The van der Waals surface area contributed by atoms with Gasteiger partial charge in [0.05, 0.1) is 5.54 Å². The fraction of sp³-hybridized carbons (Fsp3) is 0.619. The summed E-state index contributed by atoms with van der Waals surface area (Å²) >= 11 is 0. The minimum atomic E-state index is -0.602. The van der Waals surface area contributed by atoms with Crippen LogP contribution in [0.1, 0.15) is 44.6 Å². The summed E-state index contributed by atoms with van der Waals surface area (Å²) in [7, 11) is 0. The van der Waals surface area contributed by atoms with Gasteiger partial charge in [-0.1, -0.05) is 12.1 Å². The maximum atomic E-state index is 13.7. The molecular formula is C21H26FN3O2. The van der Waals surface area contributed by atoms with Crippen LogP contribution in [-0.4, -0.2) is 29.4 Å². The zero-order chi connectivity index (χ0) is 19.0. The molecule has 3 N–H and O–H groups in total. The summed E-state index contributed by atoms with van der Waals surface area (Å²) in [5.41, 5.74) is 5.62. The molecule has 0 radical (unpaired) electrons. The maximum Gasteiger partial charge on any atom is 0.318 e. The van der Waals surface area contributed by atoms with Crippen molar-refractivity contribution < 1.29 is 14.0 Å². The smallest absolute Gasteiger partial charge is 0.318 e. The molecule has 0 spiro atoms. The molecule has 5 nitrogen and oxygen atoms in total. The lowest BCUT2D eigenvalue weighted by molar-refractivity contribution is -0.150. The molecule has 1 aromatic carbocycles. The summed E-state index contributed by atoms with van der Waals surface area (Å²) in [5.74, 6) is 0.788. The topological polar surface area (TPSA) is 75.4 Å². The number of primary amides is 1. The van der Waals surface area contributed by atoms with Crippen LogP contribution in [0.3, 0.4) is 0 Å². The summed E-state index contributed by atoms with van der Waals surface area (Å²) in [6.07, 6.45) is 4.70. The van der Waals surface area contributed by atoms with Crippen molar-refractivity contribution in [2.75, 3.05) is 6.54 Å². The van der Waals surface area contributed by atoms with E-state index in [2.05, 4.69) is 5.32 Å². The lowest BCUT2D eigenvalue weighted by Crippen LogP contribution is -2.62. The zero-order valence-electron chi connectivity index (χ0n) is 15.6. The zero-order valence-corrected chi connectivity index (χ0v) is 15.6. The lowest BCUT2D eigenvalue weighted by atomic mass is 9.47. The first-order valence-electron chi connectivity index (χ1n) is 9.94. The van der Waals surface area contributed by atoms with Gasteiger partial charge in [-0.25, -0.2) is 9.18 Å². The van der Waals surface area contributed by atoms with Gasteiger partial charge in [-0.05, 0) is 74.5 Å². The highest BCUT2D eigenvalue weighted by atomic mass is 19.1. The van der Waals surface area contributed by atoms with Crippen LogP contribution in [0, 0.1) is 29.0 Å². The van der Waals surface area contributed by atoms with Gasteiger partial charge in [-0.15, -0.1) is 0 Å². The molecule has 1 aliphatic heterocycles. The number of amides is 3. The second kappa shape index (κ2) is 5.46. The molecule has 4 bridgehead atoms. The number of carbonyl (C=O) groups is 2. The predicted molar refractivity (Wildman–Crippen MR) is 98.0 cm³/mol. The Hall–Kier alpha value is -2.11. The molecule has 144 valence electrons. The van der Waals surface area contributed by atoms with Crippen LogP contribution in [0.2, 0.25) is 0 Å². The molecule has 0 aromatic heterocycles. The molecular weight excluding hydrogens is 345 g/mol. The molecule has 1 saturated heterocycles. The predicted octanol–water partition coefficient (Wildman–Crippen LogP) is 2.75. The quantitative estimate of drug-likeness (QED) is 0.857. The molecule has 4 saturated carbocycles. The van der Waals surface area contributed by atoms with E-state index >= 15 is 0 Å². The molecule has 27 heavy (non-hydrogen) atoms. The van der Waals surface area contributed by atoms with Gasteiger partial charge >= 0.3 is 6.03 Å². The number of halogens is 1. The fourth-order valence-electron chi connectivity index (χ4n) is 6.80. The van der Waals surface area contributed by atoms with E-state index in [0.29, 0.717) is 24.3 Å². The van der Waals surface area contributed by atoms with Crippen molar-refractivity contribution in [2.45, 2.75) is 50.6 Å². The van der Waals surface area contributed by atoms with Crippen LogP contribution in [0.15, 0.2) is 24.3 Å². The minimum absolute atomic E-state index is 0.0765. The van der Waals surface area contributed by atoms with Gasteiger partial charge in [-0.2, -0.15) is 0 Å². The van der Waals surface area contributed by atoms with Crippen molar-refractivity contribution in [1.82, 2.24) is 10.2 Å². The molecule has 1 aromatic rings. The van der Waals surface area contributed by atoms with Crippen molar-refractivity contribution >= 4 is 11.9 Å². The van der Waals surface area contributed by atoms with E-state index in [9.17, 15) is 14.0 Å². The second-order valence-electron chi connectivity index (χ2n) is 9.51. The third kappa shape index (κ3) is 2.41. The van der Waals surface area contributed by atoms with Gasteiger partial charge in [0.1, 0.15) is 5.82 Å². The first-order chi connectivity index (χ1) is 12.8. The third-order valence-corrected chi connectivity index (χ3v) is 7.70. The SMILES string of the molecule is CC1(c2cccc(F)c2)CN(C2C3CC4CC2CC(C(N)=O)(C4)C3)C(=O)N1. The number of nitrogens with one attached hydrogen (secondary N) is 1. The molecule has 5 aliphatic rings. The molecule has 5 fully saturated rings. The van der Waals surface area contributed by atoms with E-state index in [4.69, 9.17) is 5.73 Å². The Morgan fingerprint density at radius 2 is 1.96 bits per heavy atom. The van der Waals surface area contributed by atoms with Crippen molar-refractivity contribution in [3.8, 4) is 0 Å². The number of hydrogen-bond donors (Lipinski definition) is 2. The number of nitrogens with two attached hydrogens (primary N) is 1. The van der Waals surface area contributed by atoms with Crippen LogP contribution >= 0.6 is 0 Å². The average Bonchev–Trinajstić information content (AvgIpc) is 2.90. The molecule has 1 heterocycles. The Morgan fingerprint density at radius 3 is 2.59 bits per heavy atom.